The zero-order valence-corrected chi connectivity index (χ0v) is 11.8. The van der Waals surface area contributed by atoms with Gasteiger partial charge in [-0.05, 0) is 0 Å². The van der Waals surface area contributed by atoms with Gasteiger partial charge in [-0.2, -0.15) is 0 Å². The van der Waals surface area contributed by atoms with Gasteiger partial charge in [0.25, 0.3) is 0 Å². The number of rotatable bonds is 0. The second-order valence-electron chi connectivity index (χ2n) is 0.811. The van der Waals surface area contributed by atoms with E-state index in [0.29, 0.717) is 0 Å². The number of hydrogen-bond acceptors (Lipinski definition) is 5. The SMILES string of the molecule is NC(N)=O.O=[Se](=O)([O-])[O-].[Na+].[Na+]. The standard InChI is InChI=1S/CH4N2O.2Na.H2O4Se/c2-1(3)4;;;1-5(2,3)4/h(H4,2,3,4);;;(H2,1,2,3,4)/q;2*+1;/p-2. The monoisotopic (exact) mass is 250 g/mol. The molecule has 0 heterocycles. The normalized spacial score (nSPS) is 7.45. The average Bonchev–Trinajstić information content (AvgIpc) is 1.19. The molecule has 0 bridgehead atoms. The number of carbonyl (C=O) groups is 1. The number of amides is 2. The molecule has 0 unspecified atom stereocenters. The van der Waals surface area contributed by atoms with Crippen molar-refractivity contribution in [2.24, 2.45) is 11.5 Å². The molecule has 0 rings (SSSR count). The molecule has 0 aliphatic carbocycles. The molecule has 0 aromatic rings. The van der Waals surface area contributed by atoms with Crippen LogP contribution in [0.1, 0.15) is 0 Å². The Kier molecular flexibility index (Phi) is 23.4. The Morgan fingerprint density at radius 1 is 1.09 bits per heavy atom. The minimum absolute atomic E-state index is 0. The summed E-state index contributed by atoms with van der Waals surface area (Å²) >= 11 is -5.75. The fraction of sp³-hybridized carbons (Fsp3) is 0. The third-order valence-electron chi connectivity index (χ3n) is 0. The molecular weight excluding hydrogens is 245 g/mol. The number of urea groups is 1. The number of nitrogens with two attached hydrogens (primary N) is 2. The van der Waals surface area contributed by atoms with Crippen LogP contribution in [0.25, 0.3) is 0 Å². The molecule has 0 aliphatic heterocycles. The van der Waals surface area contributed by atoms with E-state index in [1.807, 2.05) is 0 Å². The van der Waals surface area contributed by atoms with Gasteiger partial charge in [-0.1, -0.05) is 0 Å². The quantitative estimate of drug-likeness (QED) is 0.408. The molecule has 0 aromatic carbocycles. The summed E-state index contributed by atoms with van der Waals surface area (Å²) in [5.41, 5.74) is 8.50. The molecule has 0 atom stereocenters. The molecule has 0 radical (unpaired) electrons. The van der Waals surface area contributed by atoms with Gasteiger partial charge >= 0.3 is 94.6 Å². The summed E-state index contributed by atoms with van der Waals surface area (Å²) in [5, 5.41) is 0. The predicted molar refractivity (Wildman–Crippen MR) is 20.9 cm³/mol. The number of hydrogen-bond donors (Lipinski definition) is 2. The average molecular weight is 249 g/mol. The summed E-state index contributed by atoms with van der Waals surface area (Å²) in [7, 11) is 0. The van der Waals surface area contributed by atoms with Crippen LogP contribution in [0, 0.1) is 0 Å². The molecule has 10 heteroatoms. The first-order valence-corrected chi connectivity index (χ1v) is 4.25. The van der Waals surface area contributed by atoms with Gasteiger partial charge in [0.1, 0.15) is 0 Å². The molecule has 0 aromatic heterocycles. The zero-order valence-electron chi connectivity index (χ0n) is 6.10. The molecule has 11 heavy (non-hydrogen) atoms. The van der Waals surface area contributed by atoms with Crippen molar-refractivity contribution in [3.05, 3.63) is 0 Å². The molecule has 0 fully saturated rings. The van der Waals surface area contributed by atoms with Crippen molar-refractivity contribution >= 4 is 19.4 Å². The Labute approximate surface area is 109 Å². The summed E-state index contributed by atoms with van der Waals surface area (Å²) in [6, 6.07) is -0.833. The largest absolute Gasteiger partial charge is 1.00 e. The molecule has 2 amide bonds. The maximum atomic E-state index is 9.00. The van der Waals surface area contributed by atoms with Crippen LogP contribution in [0.15, 0.2) is 0 Å². The van der Waals surface area contributed by atoms with E-state index in [0.717, 1.165) is 0 Å². The summed E-state index contributed by atoms with van der Waals surface area (Å²) in [6.07, 6.45) is 0. The van der Waals surface area contributed by atoms with Crippen molar-refractivity contribution in [1.29, 1.82) is 0 Å². The molecule has 0 aliphatic rings. The third kappa shape index (κ3) is 572. The molecule has 0 saturated heterocycles. The van der Waals surface area contributed by atoms with Crippen LogP contribution in [0.3, 0.4) is 0 Å². The van der Waals surface area contributed by atoms with E-state index >= 15 is 0 Å². The van der Waals surface area contributed by atoms with Gasteiger partial charge in [-0.15, -0.1) is 0 Å². The van der Waals surface area contributed by atoms with E-state index in [1.54, 1.807) is 0 Å². The minimum Gasteiger partial charge on any atom is 1.00 e. The van der Waals surface area contributed by atoms with Crippen molar-refractivity contribution in [3.63, 3.8) is 0 Å². The van der Waals surface area contributed by atoms with Crippen LogP contribution < -0.4 is 79.0 Å². The Bertz CT molecular complexity index is 165. The molecule has 0 saturated carbocycles. The third-order valence-corrected chi connectivity index (χ3v) is 0. The molecule has 56 valence electrons. The van der Waals surface area contributed by atoms with Crippen LogP contribution in [0.4, 0.5) is 4.79 Å². The van der Waals surface area contributed by atoms with Gasteiger partial charge in [0.05, 0.1) is 0 Å². The van der Waals surface area contributed by atoms with Crippen molar-refractivity contribution in [3.8, 4) is 0 Å². The maximum absolute atomic E-state index is 9.00. The Morgan fingerprint density at radius 2 is 1.09 bits per heavy atom. The fourth-order valence-corrected chi connectivity index (χ4v) is 0. The maximum Gasteiger partial charge on any atom is 1.00 e. The molecule has 4 N–H and O–H groups in total. The van der Waals surface area contributed by atoms with Crippen LogP contribution in [-0.4, -0.2) is 19.4 Å². The number of carbonyl (C=O) groups excluding carboxylic acids is 1. The minimum atomic E-state index is -5.75. The fourth-order valence-electron chi connectivity index (χ4n) is 0. The van der Waals surface area contributed by atoms with E-state index < -0.39 is 19.4 Å². The second kappa shape index (κ2) is 11.3. The van der Waals surface area contributed by atoms with Gasteiger partial charge in [0, 0.05) is 0 Å². The second-order valence-corrected chi connectivity index (χ2v) is 2.52. The van der Waals surface area contributed by atoms with Crippen molar-refractivity contribution in [1.82, 2.24) is 0 Å². The Hall–Kier alpha value is 1.31. The van der Waals surface area contributed by atoms with Crippen LogP contribution in [-0.2, 0) is 7.67 Å². The van der Waals surface area contributed by atoms with Crippen molar-refractivity contribution in [2.75, 3.05) is 0 Å². The van der Waals surface area contributed by atoms with Crippen molar-refractivity contribution in [2.45, 2.75) is 0 Å². The van der Waals surface area contributed by atoms with Gasteiger partial charge in [-0.25, -0.2) is 4.79 Å². The first-order valence-electron chi connectivity index (χ1n) is 1.45. The number of primary amides is 2. The summed E-state index contributed by atoms with van der Waals surface area (Å²) < 4.78 is 34.4. The van der Waals surface area contributed by atoms with E-state index in [4.69, 9.17) is 20.8 Å². The van der Waals surface area contributed by atoms with Crippen molar-refractivity contribution < 1.29 is 80.0 Å². The molecular formula is CH4N2Na2O5Se. The van der Waals surface area contributed by atoms with E-state index in [9.17, 15) is 0 Å². The summed E-state index contributed by atoms with van der Waals surface area (Å²) in [4.78, 5) is 9.00. The van der Waals surface area contributed by atoms with E-state index in [1.165, 1.54) is 0 Å². The van der Waals surface area contributed by atoms with Gasteiger partial charge in [0.15, 0.2) is 0 Å². The predicted octanol–water partition coefficient (Wildman–Crippen LogP) is -9.96. The van der Waals surface area contributed by atoms with E-state index in [-0.39, 0.29) is 59.1 Å². The van der Waals surface area contributed by atoms with Gasteiger partial charge in [0.2, 0.25) is 0 Å². The van der Waals surface area contributed by atoms with Gasteiger partial charge in [-0.3, -0.25) is 0 Å². The van der Waals surface area contributed by atoms with Crippen LogP contribution in [0.2, 0.25) is 0 Å². The smallest absolute Gasteiger partial charge is 1.00 e. The first kappa shape index (κ1) is 22.8. The zero-order chi connectivity index (χ0) is 8.08. The van der Waals surface area contributed by atoms with E-state index in [2.05, 4.69) is 11.5 Å². The van der Waals surface area contributed by atoms with Gasteiger partial charge < -0.3 is 11.5 Å². The Morgan fingerprint density at radius 3 is 1.09 bits per heavy atom. The summed E-state index contributed by atoms with van der Waals surface area (Å²) in [5.74, 6) is 0. The van der Waals surface area contributed by atoms with Crippen LogP contribution in [0.5, 0.6) is 0 Å². The summed E-state index contributed by atoms with van der Waals surface area (Å²) in [6.45, 7) is 0. The first-order chi connectivity index (χ1) is 3.73. The molecule has 7 nitrogen and oxygen atoms in total. The van der Waals surface area contributed by atoms with Crippen LogP contribution >= 0.6 is 0 Å². The Balaban J connectivity index is -0.0000000383. The topological polar surface area (TPSA) is 149 Å². The molecule has 0 spiro atoms.